The molecule has 10 heteroatoms. The molecule has 3 atom stereocenters. The van der Waals surface area contributed by atoms with Crippen LogP contribution in [0.3, 0.4) is 0 Å². The van der Waals surface area contributed by atoms with Gasteiger partial charge in [-0.25, -0.2) is 4.98 Å². The lowest BCUT2D eigenvalue weighted by Gasteiger charge is -2.40. The molecule has 2 heterocycles. The first-order chi connectivity index (χ1) is 17.3. The Hall–Kier alpha value is -2.55. The number of ether oxygens (including phenoxy) is 2. The number of hydrogen-bond donors (Lipinski definition) is 2. The average Bonchev–Trinajstić information content (AvgIpc) is 2.86. The molecule has 0 aliphatic carbocycles. The van der Waals surface area contributed by atoms with Gasteiger partial charge < -0.3 is 25.0 Å². The number of hydrogen-bond acceptors (Lipinski definition) is 6. The van der Waals surface area contributed by atoms with Crippen LogP contribution in [-0.2, 0) is 9.53 Å². The Morgan fingerprint density at radius 3 is 2.72 bits per heavy atom. The summed E-state index contributed by atoms with van der Waals surface area (Å²) < 4.78 is 10.7. The SMILES string of the molecule is CCCC1CC(NC(=O)C(C)Oc2ccc(Cl)cc2Cl)CCN1c1ccc(C(=O)NCCOC)cn1. The molecule has 36 heavy (non-hydrogen) atoms. The summed E-state index contributed by atoms with van der Waals surface area (Å²) in [7, 11) is 1.59. The van der Waals surface area contributed by atoms with Crippen LogP contribution in [0.5, 0.6) is 5.75 Å². The molecule has 8 nitrogen and oxygen atoms in total. The second-order valence-electron chi connectivity index (χ2n) is 8.85. The van der Waals surface area contributed by atoms with Crippen LogP contribution >= 0.6 is 23.2 Å². The molecular formula is C26H34Cl2N4O4. The Kier molecular flexibility index (Phi) is 10.6. The number of piperidine rings is 1. The summed E-state index contributed by atoms with van der Waals surface area (Å²) in [6.45, 7) is 5.51. The maximum absolute atomic E-state index is 12.8. The van der Waals surface area contributed by atoms with Crippen LogP contribution in [0.4, 0.5) is 5.82 Å². The predicted molar refractivity (Wildman–Crippen MR) is 142 cm³/mol. The zero-order valence-corrected chi connectivity index (χ0v) is 22.4. The molecule has 1 fully saturated rings. The normalized spacial score (nSPS) is 18.4. The molecule has 0 spiro atoms. The van der Waals surface area contributed by atoms with Crippen molar-refractivity contribution in [3.05, 3.63) is 52.1 Å². The van der Waals surface area contributed by atoms with Crippen LogP contribution in [0.25, 0.3) is 0 Å². The number of anilines is 1. The van der Waals surface area contributed by atoms with Gasteiger partial charge in [-0.2, -0.15) is 0 Å². The highest BCUT2D eigenvalue weighted by atomic mass is 35.5. The van der Waals surface area contributed by atoms with E-state index in [-0.39, 0.29) is 23.9 Å². The molecule has 1 saturated heterocycles. The van der Waals surface area contributed by atoms with E-state index in [9.17, 15) is 9.59 Å². The van der Waals surface area contributed by atoms with E-state index >= 15 is 0 Å². The molecule has 2 N–H and O–H groups in total. The molecule has 0 radical (unpaired) electrons. The second-order valence-corrected chi connectivity index (χ2v) is 9.70. The van der Waals surface area contributed by atoms with Crippen molar-refractivity contribution in [2.24, 2.45) is 0 Å². The van der Waals surface area contributed by atoms with E-state index in [4.69, 9.17) is 32.7 Å². The van der Waals surface area contributed by atoms with E-state index < -0.39 is 6.10 Å². The molecule has 1 aromatic carbocycles. The summed E-state index contributed by atoms with van der Waals surface area (Å²) in [5.41, 5.74) is 0.513. The van der Waals surface area contributed by atoms with Crippen molar-refractivity contribution in [2.75, 3.05) is 31.7 Å². The Labute approximate surface area is 222 Å². The van der Waals surface area contributed by atoms with Crippen molar-refractivity contribution in [3.63, 3.8) is 0 Å². The van der Waals surface area contributed by atoms with Gasteiger partial charge in [-0.1, -0.05) is 36.5 Å². The first-order valence-electron chi connectivity index (χ1n) is 12.2. The Morgan fingerprint density at radius 1 is 1.25 bits per heavy atom. The molecule has 3 rings (SSSR count). The maximum atomic E-state index is 12.8. The number of pyridine rings is 1. The minimum atomic E-state index is -0.699. The van der Waals surface area contributed by atoms with Gasteiger partial charge in [0.05, 0.1) is 17.2 Å². The standard InChI is InChI=1S/C26H34Cl2N4O4/c1-4-5-21-15-20(31-25(33)17(2)36-23-8-7-19(27)14-22(23)28)10-12-32(21)24-9-6-18(16-30-24)26(34)29-11-13-35-3/h6-9,14,16-17,20-21H,4-5,10-13,15H2,1-3H3,(H,29,34)(H,31,33). The van der Waals surface area contributed by atoms with Gasteiger partial charge >= 0.3 is 0 Å². The van der Waals surface area contributed by atoms with Crippen molar-refractivity contribution in [1.29, 1.82) is 0 Å². The van der Waals surface area contributed by atoms with Crippen molar-refractivity contribution < 1.29 is 19.1 Å². The lowest BCUT2D eigenvalue weighted by atomic mass is 9.93. The summed E-state index contributed by atoms with van der Waals surface area (Å²) in [5.74, 6) is 0.899. The highest BCUT2D eigenvalue weighted by molar-refractivity contribution is 6.35. The summed E-state index contributed by atoms with van der Waals surface area (Å²) in [6, 6.07) is 8.86. The van der Waals surface area contributed by atoms with E-state index in [0.29, 0.717) is 34.5 Å². The number of nitrogens with one attached hydrogen (secondary N) is 2. The van der Waals surface area contributed by atoms with Gasteiger partial charge in [0.1, 0.15) is 11.6 Å². The zero-order chi connectivity index (χ0) is 26.1. The van der Waals surface area contributed by atoms with Crippen LogP contribution in [0, 0.1) is 0 Å². The Morgan fingerprint density at radius 2 is 2.06 bits per heavy atom. The highest BCUT2D eigenvalue weighted by Crippen LogP contribution is 2.29. The average molecular weight is 537 g/mol. The molecule has 3 unspecified atom stereocenters. The molecular weight excluding hydrogens is 503 g/mol. The smallest absolute Gasteiger partial charge is 0.260 e. The van der Waals surface area contributed by atoms with Crippen molar-refractivity contribution >= 4 is 40.8 Å². The molecule has 0 saturated carbocycles. The van der Waals surface area contributed by atoms with Gasteiger partial charge in [0.25, 0.3) is 11.8 Å². The Bertz CT molecular complexity index is 1020. The minimum absolute atomic E-state index is 0.0304. The number of aromatic nitrogens is 1. The third-order valence-electron chi connectivity index (χ3n) is 6.15. The number of carbonyl (C=O) groups excluding carboxylic acids is 2. The molecule has 1 aliphatic rings. The van der Waals surface area contributed by atoms with E-state index in [1.807, 2.05) is 6.07 Å². The summed E-state index contributed by atoms with van der Waals surface area (Å²) in [5, 5.41) is 6.81. The fourth-order valence-electron chi connectivity index (χ4n) is 4.28. The fraction of sp³-hybridized carbons (Fsp3) is 0.500. The zero-order valence-electron chi connectivity index (χ0n) is 20.9. The lowest BCUT2D eigenvalue weighted by molar-refractivity contribution is -0.128. The van der Waals surface area contributed by atoms with Gasteiger partial charge in [-0.15, -0.1) is 0 Å². The minimum Gasteiger partial charge on any atom is -0.479 e. The first kappa shape index (κ1) is 28.0. The topological polar surface area (TPSA) is 92.8 Å². The number of halogens is 2. The number of rotatable bonds is 11. The largest absolute Gasteiger partial charge is 0.479 e. The molecule has 196 valence electrons. The molecule has 2 aromatic rings. The monoisotopic (exact) mass is 536 g/mol. The van der Waals surface area contributed by atoms with Gasteiger partial charge in [0.15, 0.2) is 6.10 Å². The van der Waals surface area contributed by atoms with Crippen molar-refractivity contribution in [1.82, 2.24) is 15.6 Å². The van der Waals surface area contributed by atoms with Crippen LogP contribution < -0.4 is 20.3 Å². The van der Waals surface area contributed by atoms with Crippen LogP contribution in [0.15, 0.2) is 36.5 Å². The second kappa shape index (κ2) is 13.7. The van der Waals surface area contributed by atoms with E-state index in [2.05, 4.69) is 27.4 Å². The number of carbonyl (C=O) groups is 2. The summed E-state index contributed by atoms with van der Waals surface area (Å²) in [6.07, 6.45) is 4.47. The predicted octanol–water partition coefficient (Wildman–Crippen LogP) is 4.49. The number of nitrogens with zero attached hydrogens (tertiary/aromatic N) is 2. The van der Waals surface area contributed by atoms with Crippen LogP contribution in [-0.4, -0.2) is 61.8 Å². The van der Waals surface area contributed by atoms with Crippen LogP contribution in [0.2, 0.25) is 10.0 Å². The lowest BCUT2D eigenvalue weighted by Crippen LogP contribution is -2.52. The number of amides is 2. The third kappa shape index (κ3) is 7.72. The molecule has 0 bridgehead atoms. The Balaban J connectivity index is 1.58. The maximum Gasteiger partial charge on any atom is 0.260 e. The number of methoxy groups -OCH3 is 1. The highest BCUT2D eigenvalue weighted by Gasteiger charge is 2.31. The first-order valence-corrected chi connectivity index (χ1v) is 13.0. The van der Waals surface area contributed by atoms with E-state index in [1.165, 1.54) is 0 Å². The fourth-order valence-corrected chi connectivity index (χ4v) is 4.74. The van der Waals surface area contributed by atoms with E-state index in [0.717, 1.165) is 38.0 Å². The molecule has 1 aliphatic heterocycles. The molecule has 1 aromatic heterocycles. The third-order valence-corrected chi connectivity index (χ3v) is 6.68. The quantitative estimate of drug-likeness (QED) is 0.411. The van der Waals surface area contributed by atoms with Crippen molar-refractivity contribution in [2.45, 2.75) is 57.7 Å². The van der Waals surface area contributed by atoms with Gasteiger partial charge in [0.2, 0.25) is 0 Å². The summed E-state index contributed by atoms with van der Waals surface area (Å²) in [4.78, 5) is 31.9. The van der Waals surface area contributed by atoms with Crippen LogP contribution in [0.1, 0.15) is 49.9 Å². The number of benzene rings is 1. The van der Waals surface area contributed by atoms with Gasteiger partial charge in [-0.05, 0) is 56.5 Å². The summed E-state index contributed by atoms with van der Waals surface area (Å²) >= 11 is 12.1. The van der Waals surface area contributed by atoms with Gasteiger partial charge in [0, 0.05) is 43.5 Å². The van der Waals surface area contributed by atoms with E-state index in [1.54, 1.807) is 44.5 Å². The van der Waals surface area contributed by atoms with Crippen molar-refractivity contribution in [3.8, 4) is 5.75 Å². The van der Waals surface area contributed by atoms with Gasteiger partial charge in [-0.3, -0.25) is 9.59 Å². The molecule has 2 amide bonds.